The van der Waals surface area contributed by atoms with Gasteiger partial charge in [-0.1, -0.05) is 43.4 Å². The fourth-order valence-electron chi connectivity index (χ4n) is 3.24. The molecule has 0 aliphatic heterocycles. The Bertz CT molecular complexity index is 809. The van der Waals surface area contributed by atoms with E-state index in [1.165, 1.54) is 11.1 Å². The molecule has 1 radical (unpaired) electrons. The van der Waals surface area contributed by atoms with Gasteiger partial charge in [0.05, 0.1) is 15.9 Å². The lowest BCUT2D eigenvalue weighted by atomic mass is 9.93. The van der Waals surface area contributed by atoms with Crippen LogP contribution < -0.4 is 15.7 Å². The molecule has 0 unspecified atom stereocenters. The Labute approximate surface area is 138 Å². The number of methoxy groups -OCH3 is 1. The first-order valence-corrected chi connectivity index (χ1v) is 10.1. The van der Waals surface area contributed by atoms with Crippen molar-refractivity contribution < 1.29 is 9.53 Å². The van der Waals surface area contributed by atoms with Gasteiger partial charge in [0.2, 0.25) is 5.91 Å². The highest BCUT2D eigenvalue weighted by Crippen LogP contribution is 2.34. The zero-order valence-corrected chi connectivity index (χ0v) is 14.6. The zero-order chi connectivity index (χ0) is 16.6. The summed E-state index contributed by atoms with van der Waals surface area (Å²) in [5.74, 6) is 0.440. The number of carbonyl (C=O) groups excluding carboxylic acids is 1. The Morgan fingerprint density at radius 1 is 1.22 bits per heavy atom. The largest absolute Gasteiger partial charge is 0.497 e. The predicted octanol–water partition coefficient (Wildman–Crippen LogP) is 2.99. The Morgan fingerprint density at radius 2 is 2.00 bits per heavy atom. The third-order valence-corrected chi connectivity index (χ3v) is 5.74. The van der Waals surface area contributed by atoms with Gasteiger partial charge in [0, 0.05) is 5.56 Å². The molecule has 0 aromatic heterocycles. The molecule has 2 aromatic rings. The number of nitrogens with two attached hydrogens (primary N) is 1. The molecule has 2 N–H and O–H groups in total. The average Bonchev–Trinajstić information content (AvgIpc) is 3.01. The first-order valence-electron chi connectivity index (χ1n) is 7.64. The molecule has 0 heterocycles. The maximum atomic E-state index is 12.0. The third kappa shape index (κ3) is 2.59. The molecule has 3 rings (SSSR count). The number of primary amides is 1. The summed E-state index contributed by atoms with van der Waals surface area (Å²) in [7, 11) is 0.814. The number of fused-ring (bicyclic) bond motifs is 1. The van der Waals surface area contributed by atoms with Crippen molar-refractivity contribution in [2.24, 2.45) is 5.73 Å². The topological polar surface area (TPSA) is 52.3 Å². The van der Waals surface area contributed by atoms with Gasteiger partial charge in [0.1, 0.15) is 5.75 Å². The van der Waals surface area contributed by atoms with E-state index >= 15 is 0 Å². The first kappa shape index (κ1) is 15.6. The zero-order valence-electron chi connectivity index (χ0n) is 13.6. The van der Waals surface area contributed by atoms with Gasteiger partial charge in [-0.25, -0.2) is 0 Å². The SMILES string of the molecule is COc1ccc(C(N)=O)c(-c2cccc3c2C=CC3)c1[Si](C)C. The number of carbonyl (C=O) groups is 1. The average molecular weight is 322 g/mol. The van der Waals surface area contributed by atoms with Crippen molar-refractivity contribution in [1.82, 2.24) is 0 Å². The normalized spacial score (nSPS) is 12.5. The van der Waals surface area contributed by atoms with Crippen molar-refractivity contribution in [1.29, 1.82) is 0 Å². The van der Waals surface area contributed by atoms with E-state index in [2.05, 4.69) is 37.4 Å². The number of rotatable bonds is 4. The van der Waals surface area contributed by atoms with Crippen LogP contribution in [-0.4, -0.2) is 21.8 Å². The molecule has 0 spiro atoms. The van der Waals surface area contributed by atoms with E-state index in [1.54, 1.807) is 13.2 Å². The summed E-state index contributed by atoms with van der Waals surface area (Å²) in [6.45, 7) is 4.41. The molecule has 3 nitrogen and oxygen atoms in total. The van der Waals surface area contributed by atoms with Crippen LogP contribution in [0.1, 0.15) is 21.5 Å². The second kappa shape index (κ2) is 6.05. The highest BCUT2D eigenvalue weighted by atomic mass is 28.3. The minimum Gasteiger partial charge on any atom is -0.497 e. The van der Waals surface area contributed by atoms with Crippen LogP contribution >= 0.6 is 0 Å². The molecule has 2 aromatic carbocycles. The van der Waals surface area contributed by atoms with E-state index in [0.717, 1.165) is 28.5 Å². The summed E-state index contributed by atoms with van der Waals surface area (Å²) >= 11 is 0. The molecule has 23 heavy (non-hydrogen) atoms. The fraction of sp³-hybridized carbons (Fsp3) is 0.211. The molecular formula is C19H20NO2Si. The Kier molecular flexibility index (Phi) is 4.09. The van der Waals surface area contributed by atoms with E-state index < -0.39 is 14.7 Å². The highest BCUT2D eigenvalue weighted by Gasteiger charge is 2.24. The van der Waals surface area contributed by atoms with Gasteiger partial charge in [-0.05, 0) is 46.0 Å². The molecule has 0 saturated heterocycles. The van der Waals surface area contributed by atoms with E-state index in [-0.39, 0.29) is 0 Å². The van der Waals surface area contributed by atoms with Gasteiger partial charge in [0.15, 0.2) is 0 Å². The lowest BCUT2D eigenvalue weighted by Gasteiger charge is -2.20. The van der Waals surface area contributed by atoms with Crippen molar-refractivity contribution >= 4 is 26.0 Å². The molecule has 0 bridgehead atoms. The number of benzene rings is 2. The highest BCUT2D eigenvalue weighted by molar-refractivity contribution is 6.73. The monoisotopic (exact) mass is 322 g/mol. The minimum atomic E-state index is -0.860. The summed E-state index contributed by atoms with van der Waals surface area (Å²) in [5.41, 5.74) is 10.7. The number of ether oxygens (including phenoxy) is 1. The van der Waals surface area contributed by atoms with Crippen LogP contribution in [0.5, 0.6) is 5.75 Å². The van der Waals surface area contributed by atoms with Crippen LogP contribution in [0.2, 0.25) is 13.1 Å². The van der Waals surface area contributed by atoms with Crippen LogP contribution in [0.25, 0.3) is 17.2 Å². The molecule has 1 aliphatic carbocycles. The van der Waals surface area contributed by atoms with Crippen LogP contribution in [-0.2, 0) is 6.42 Å². The van der Waals surface area contributed by atoms with Crippen molar-refractivity contribution in [3.8, 4) is 16.9 Å². The van der Waals surface area contributed by atoms with Crippen molar-refractivity contribution in [3.05, 3.63) is 53.1 Å². The van der Waals surface area contributed by atoms with Crippen molar-refractivity contribution in [2.45, 2.75) is 19.5 Å². The predicted molar refractivity (Wildman–Crippen MR) is 96.8 cm³/mol. The lowest BCUT2D eigenvalue weighted by Crippen LogP contribution is -2.30. The lowest BCUT2D eigenvalue weighted by molar-refractivity contribution is 0.100. The maximum Gasteiger partial charge on any atom is 0.249 e. The molecule has 4 heteroatoms. The summed E-state index contributed by atoms with van der Waals surface area (Å²) in [4.78, 5) is 12.0. The van der Waals surface area contributed by atoms with Gasteiger partial charge in [-0.3, -0.25) is 4.79 Å². The van der Waals surface area contributed by atoms with Crippen molar-refractivity contribution in [2.75, 3.05) is 7.11 Å². The Balaban J connectivity index is 2.40. The number of allylic oxidation sites excluding steroid dienone is 1. The third-order valence-electron chi connectivity index (χ3n) is 4.24. The smallest absolute Gasteiger partial charge is 0.249 e. The molecule has 0 fully saturated rings. The maximum absolute atomic E-state index is 12.0. The number of amides is 1. The first-order chi connectivity index (χ1) is 11.0. The van der Waals surface area contributed by atoms with E-state index in [0.29, 0.717) is 5.56 Å². The molecule has 1 amide bonds. The molecule has 1 aliphatic rings. The minimum absolute atomic E-state index is 0.397. The van der Waals surface area contributed by atoms with Crippen LogP contribution in [0, 0.1) is 0 Å². The summed E-state index contributed by atoms with van der Waals surface area (Å²) in [5, 5.41) is 1.13. The molecular weight excluding hydrogens is 302 g/mol. The fourth-order valence-corrected chi connectivity index (χ4v) is 4.69. The molecule has 117 valence electrons. The van der Waals surface area contributed by atoms with Gasteiger partial charge in [-0.2, -0.15) is 0 Å². The van der Waals surface area contributed by atoms with Gasteiger partial charge < -0.3 is 10.5 Å². The number of hydrogen-bond donors (Lipinski definition) is 1. The van der Waals surface area contributed by atoms with E-state index in [4.69, 9.17) is 10.5 Å². The Morgan fingerprint density at radius 3 is 2.65 bits per heavy atom. The van der Waals surface area contributed by atoms with Crippen LogP contribution in [0.4, 0.5) is 0 Å². The Hall–Kier alpha value is -2.33. The second-order valence-corrected chi connectivity index (χ2v) is 8.41. The molecule has 0 saturated carbocycles. The standard InChI is InChI=1S/C19H20NO2Si/c1-22-16-11-10-15(19(20)21)17(18(16)23(2)3)14-9-5-7-12-6-4-8-13(12)14/h4-5,7-11H,6H2,1-3H3,(H2,20,21). The van der Waals surface area contributed by atoms with Gasteiger partial charge in [-0.15, -0.1) is 0 Å². The summed E-state index contributed by atoms with van der Waals surface area (Å²) in [6, 6.07) is 9.89. The quantitative estimate of drug-likeness (QED) is 0.880. The summed E-state index contributed by atoms with van der Waals surface area (Å²) < 4.78 is 5.58. The van der Waals surface area contributed by atoms with Gasteiger partial charge >= 0.3 is 0 Å². The van der Waals surface area contributed by atoms with Gasteiger partial charge in [0.25, 0.3) is 0 Å². The van der Waals surface area contributed by atoms with E-state index in [1.807, 2.05) is 12.1 Å². The number of hydrogen-bond acceptors (Lipinski definition) is 2. The van der Waals surface area contributed by atoms with Crippen LogP contribution in [0.3, 0.4) is 0 Å². The summed E-state index contributed by atoms with van der Waals surface area (Å²) in [6.07, 6.45) is 5.22. The van der Waals surface area contributed by atoms with E-state index in [9.17, 15) is 4.79 Å². The van der Waals surface area contributed by atoms with Crippen LogP contribution in [0.15, 0.2) is 36.4 Å². The molecule has 0 atom stereocenters. The van der Waals surface area contributed by atoms with Crippen molar-refractivity contribution in [3.63, 3.8) is 0 Å². The second-order valence-electron chi connectivity index (χ2n) is 5.91.